The van der Waals surface area contributed by atoms with Gasteiger partial charge < -0.3 is 19.3 Å². The summed E-state index contributed by atoms with van der Waals surface area (Å²) in [5.41, 5.74) is 1.36. The smallest absolute Gasteiger partial charge is 0.410 e. The molecule has 2 amide bonds. The molecule has 8 nitrogen and oxygen atoms in total. The zero-order valence-electron chi connectivity index (χ0n) is 19.2. The molecule has 0 N–H and O–H groups in total. The fraction of sp³-hybridized carbons (Fsp3) is 0.375. The van der Waals surface area contributed by atoms with Gasteiger partial charge in [-0.25, -0.2) is 9.78 Å². The topological polar surface area (TPSA) is 76.9 Å². The van der Waals surface area contributed by atoms with Gasteiger partial charge in [0, 0.05) is 43.3 Å². The van der Waals surface area contributed by atoms with Gasteiger partial charge in [0.15, 0.2) is 0 Å². The summed E-state index contributed by atoms with van der Waals surface area (Å²) in [7, 11) is 1.53. The van der Waals surface area contributed by atoms with Crippen molar-refractivity contribution in [2.45, 2.75) is 26.4 Å². The lowest BCUT2D eigenvalue weighted by Gasteiger charge is -2.35. The molecule has 0 radical (unpaired) electrons. The number of methoxy groups -OCH3 is 1. The number of pyridine rings is 1. The number of amides is 2. The van der Waals surface area contributed by atoms with Crippen molar-refractivity contribution in [1.29, 1.82) is 0 Å². The summed E-state index contributed by atoms with van der Waals surface area (Å²) in [4.78, 5) is 33.6. The third-order valence-electron chi connectivity index (χ3n) is 5.43. The molecular weight excluding hydrogens is 444 g/mol. The van der Waals surface area contributed by atoms with E-state index in [0.29, 0.717) is 53.7 Å². The molecular formula is C24H27ClN4O4. The van der Waals surface area contributed by atoms with E-state index in [9.17, 15) is 9.59 Å². The molecule has 0 atom stereocenters. The van der Waals surface area contributed by atoms with E-state index in [0.717, 1.165) is 5.69 Å². The summed E-state index contributed by atoms with van der Waals surface area (Å²) in [6.07, 6.45) is 1.29. The van der Waals surface area contributed by atoms with Crippen LogP contribution in [-0.4, -0.2) is 70.2 Å². The number of halogens is 1. The zero-order valence-corrected chi connectivity index (χ0v) is 19.9. The molecule has 1 fully saturated rings. The molecule has 33 heavy (non-hydrogen) atoms. The van der Waals surface area contributed by atoms with Gasteiger partial charge in [-0.05, 0) is 32.9 Å². The van der Waals surface area contributed by atoms with Crippen molar-refractivity contribution in [3.63, 3.8) is 0 Å². The Balaban J connectivity index is 1.65. The monoisotopic (exact) mass is 470 g/mol. The summed E-state index contributed by atoms with van der Waals surface area (Å²) in [5.74, 6) is 0.199. The Kier molecular flexibility index (Phi) is 6.21. The number of ether oxygens (including phenoxy) is 2. The molecule has 174 valence electrons. The highest BCUT2D eigenvalue weighted by molar-refractivity contribution is 6.36. The first-order valence-electron chi connectivity index (χ1n) is 10.8. The molecule has 1 saturated heterocycles. The number of aromatic nitrogens is 2. The second-order valence-corrected chi connectivity index (χ2v) is 9.20. The highest BCUT2D eigenvalue weighted by Gasteiger charge is 2.31. The van der Waals surface area contributed by atoms with Crippen LogP contribution in [0.1, 0.15) is 31.1 Å². The molecule has 0 saturated carbocycles. The Morgan fingerprint density at radius 3 is 2.27 bits per heavy atom. The fourth-order valence-electron chi connectivity index (χ4n) is 3.86. The maximum atomic E-state index is 13.6. The number of carbonyl (C=O) groups is 2. The van der Waals surface area contributed by atoms with Gasteiger partial charge in [0.25, 0.3) is 5.91 Å². The van der Waals surface area contributed by atoms with E-state index in [-0.39, 0.29) is 12.0 Å². The van der Waals surface area contributed by atoms with Crippen LogP contribution in [0, 0.1) is 0 Å². The Hall–Kier alpha value is -3.26. The molecule has 0 spiro atoms. The largest absolute Gasteiger partial charge is 0.481 e. The third-order valence-corrected chi connectivity index (χ3v) is 5.78. The van der Waals surface area contributed by atoms with Crippen LogP contribution >= 0.6 is 11.6 Å². The van der Waals surface area contributed by atoms with Crippen LogP contribution in [0.15, 0.2) is 42.6 Å². The fourth-order valence-corrected chi connectivity index (χ4v) is 4.23. The van der Waals surface area contributed by atoms with Gasteiger partial charge >= 0.3 is 6.09 Å². The number of hydrogen-bond acceptors (Lipinski definition) is 5. The number of carbonyl (C=O) groups excluding carboxylic acids is 2. The second kappa shape index (κ2) is 8.94. The SMILES string of the molecule is COc1cc2c(C(=O)N3CCN(C(=O)OC(C)(C)C)CC3)c(Cl)n(-c3ccccc3)c2cn1. The predicted octanol–water partition coefficient (Wildman–Crippen LogP) is 4.38. The predicted molar refractivity (Wildman–Crippen MR) is 126 cm³/mol. The first-order chi connectivity index (χ1) is 15.7. The highest BCUT2D eigenvalue weighted by atomic mass is 35.5. The van der Waals surface area contributed by atoms with Crippen LogP contribution in [0.4, 0.5) is 4.79 Å². The van der Waals surface area contributed by atoms with E-state index in [1.54, 1.807) is 22.1 Å². The Bertz CT molecular complexity index is 1180. The second-order valence-electron chi connectivity index (χ2n) is 8.84. The van der Waals surface area contributed by atoms with Crippen molar-refractivity contribution >= 4 is 34.5 Å². The van der Waals surface area contributed by atoms with E-state index < -0.39 is 5.60 Å². The molecule has 1 aliphatic heterocycles. The van der Waals surface area contributed by atoms with Crippen LogP contribution in [0.3, 0.4) is 0 Å². The van der Waals surface area contributed by atoms with Crippen LogP contribution < -0.4 is 4.74 Å². The zero-order chi connectivity index (χ0) is 23.8. The minimum atomic E-state index is -0.566. The van der Waals surface area contributed by atoms with E-state index in [1.165, 1.54) is 7.11 Å². The van der Waals surface area contributed by atoms with E-state index in [2.05, 4.69) is 4.98 Å². The van der Waals surface area contributed by atoms with Gasteiger partial charge in [-0.15, -0.1) is 0 Å². The summed E-state index contributed by atoms with van der Waals surface area (Å²) in [6, 6.07) is 11.3. The van der Waals surface area contributed by atoms with E-state index >= 15 is 0 Å². The van der Waals surface area contributed by atoms with Crippen molar-refractivity contribution in [1.82, 2.24) is 19.4 Å². The number of para-hydroxylation sites is 1. The van der Waals surface area contributed by atoms with Gasteiger partial charge in [0.2, 0.25) is 5.88 Å². The van der Waals surface area contributed by atoms with Crippen LogP contribution in [0.2, 0.25) is 5.15 Å². The molecule has 4 rings (SSSR count). The molecule has 0 aliphatic carbocycles. The molecule has 3 heterocycles. The maximum Gasteiger partial charge on any atom is 0.410 e. The normalized spacial score (nSPS) is 14.5. The summed E-state index contributed by atoms with van der Waals surface area (Å²) in [6.45, 7) is 7.04. The standard InChI is InChI=1S/C24H27ClN4O4/c1-24(2,3)33-23(31)28-12-10-27(11-13-28)22(30)20-17-14-19(32-4)26-15-18(17)29(21(20)25)16-8-6-5-7-9-16/h5-9,14-15H,10-13H2,1-4H3. The van der Waals surface area contributed by atoms with Gasteiger partial charge in [-0.1, -0.05) is 29.8 Å². The van der Waals surface area contributed by atoms with Crippen LogP contribution in [0.5, 0.6) is 5.88 Å². The van der Waals surface area contributed by atoms with E-state index in [1.807, 2.05) is 55.7 Å². The van der Waals surface area contributed by atoms with Crippen LogP contribution in [0.25, 0.3) is 16.6 Å². The number of benzene rings is 1. The van der Waals surface area contributed by atoms with E-state index in [4.69, 9.17) is 21.1 Å². The molecule has 3 aromatic rings. The van der Waals surface area contributed by atoms with Crippen molar-refractivity contribution in [2.24, 2.45) is 0 Å². The number of piperazine rings is 1. The molecule has 0 bridgehead atoms. The van der Waals surface area contributed by atoms with Crippen molar-refractivity contribution < 1.29 is 19.1 Å². The molecule has 0 unspecified atom stereocenters. The number of fused-ring (bicyclic) bond motifs is 1. The van der Waals surface area contributed by atoms with Crippen molar-refractivity contribution in [3.05, 3.63) is 53.3 Å². The van der Waals surface area contributed by atoms with Crippen molar-refractivity contribution in [2.75, 3.05) is 33.3 Å². The van der Waals surface area contributed by atoms with Crippen molar-refractivity contribution in [3.8, 4) is 11.6 Å². The lowest BCUT2D eigenvalue weighted by molar-refractivity contribution is 0.0141. The number of rotatable bonds is 3. The molecule has 1 aromatic carbocycles. The summed E-state index contributed by atoms with van der Waals surface area (Å²) < 4.78 is 12.6. The third kappa shape index (κ3) is 4.61. The summed E-state index contributed by atoms with van der Waals surface area (Å²) in [5, 5.41) is 0.973. The Labute approximate surface area is 197 Å². The summed E-state index contributed by atoms with van der Waals surface area (Å²) >= 11 is 6.81. The van der Waals surface area contributed by atoms with Gasteiger partial charge in [0.1, 0.15) is 10.8 Å². The number of nitrogens with zero attached hydrogens (tertiary/aromatic N) is 4. The quantitative estimate of drug-likeness (QED) is 0.567. The first kappa shape index (κ1) is 22.9. The Morgan fingerprint density at radius 2 is 1.67 bits per heavy atom. The average molecular weight is 471 g/mol. The first-order valence-corrected chi connectivity index (χ1v) is 11.1. The maximum absolute atomic E-state index is 13.6. The average Bonchev–Trinajstić information content (AvgIpc) is 3.09. The molecule has 9 heteroatoms. The minimum Gasteiger partial charge on any atom is -0.481 e. The number of hydrogen-bond donors (Lipinski definition) is 0. The molecule has 1 aliphatic rings. The lowest BCUT2D eigenvalue weighted by Crippen LogP contribution is -2.51. The van der Waals surface area contributed by atoms with Gasteiger partial charge in [0.05, 0.1) is 24.4 Å². The van der Waals surface area contributed by atoms with Crippen LogP contribution in [-0.2, 0) is 4.74 Å². The van der Waals surface area contributed by atoms with Gasteiger partial charge in [-0.2, -0.15) is 0 Å². The van der Waals surface area contributed by atoms with Gasteiger partial charge in [-0.3, -0.25) is 9.36 Å². The minimum absolute atomic E-state index is 0.197. The lowest BCUT2D eigenvalue weighted by atomic mass is 10.1. The molecule has 2 aromatic heterocycles. The highest BCUT2D eigenvalue weighted by Crippen LogP contribution is 2.35. The Morgan fingerprint density at radius 1 is 1.03 bits per heavy atom.